The zero-order valence-corrected chi connectivity index (χ0v) is 15.5. The van der Waals surface area contributed by atoms with Crippen molar-refractivity contribution in [3.05, 3.63) is 81.1 Å². The van der Waals surface area contributed by atoms with Gasteiger partial charge in [-0.05, 0) is 36.8 Å². The van der Waals surface area contributed by atoms with Crippen LogP contribution in [-0.2, 0) is 6.54 Å². The van der Waals surface area contributed by atoms with Gasteiger partial charge in [-0.3, -0.25) is 19.1 Å². The molecule has 27 heavy (non-hydrogen) atoms. The molecule has 0 saturated carbocycles. The Bertz CT molecular complexity index is 1030. The van der Waals surface area contributed by atoms with Gasteiger partial charge in [0, 0.05) is 18.5 Å². The molecule has 3 aromatic heterocycles. The van der Waals surface area contributed by atoms with E-state index >= 15 is 0 Å². The number of carbonyl (C=O) groups is 1. The third kappa shape index (κ3) is 3.98. The summed E-state index contributed by atoms with van der Waals surface area (Å²) in [5, 5.41) is 3.15. The van der Waals surface area contributed by atoms with Crippen LogP contribution >= 0.6 is 11.6 Å². The van der Waals surface area contributed by atoms with Crippen molar-refractivity contribution in [3.63, 3.8) is 0 Å². The van der Waals surface area contributed by atoms with Gasteiger partial charge in [0.05, 0.1) is 36.3 Å². The number of aromatic nitrogens is 3. The third-order valence-electron chi connectivity index (χ3n) is 3.99. The number of ether oxygens (including phenoxy) is 1. The third-order valence-corrected chi connectivity index (χ3v) is 4.33. The second kappa shape index (κ2) is 8.01. The fourth-order valence-corrected chi connectivity index (χ4v) is 2.73. The molecule has 0 fully saturated rings. The minimum absolute atomic E-state index is 0.0559. The maximum Gasteiger partial charge on any atom is 0.268 e. The maximum absolute atomic E-state index is 12.9. The Morgan fingerprint density at radius 3 is 2.74 bits per heavy atom. The summed E-state index contributed by atoms with van der Waals surface area (Å²) < 4.78 is 6.38. The quantitative estimate of drug-likeness (QED) is 0.730. The molecular formula is C19H17ClN4O3. The molecule has 0 aromatic carbocycles. The summed E-state index contributed by atoms with van der Waals surface area (Å²) in [4.78, 5) is 33.7. The van der Waals surface area contributed by atoms with Gasteiger partial charge in [0.2, 0.25) is 5.88 Å². The van der Waals surface area contributed by atoms with E-state index < -0.39 is 11.5 Å². The number of aryl methyl sites for hydroxylation is 1. The molecule has 1 N–H and O–H groups in total. The number of hydrogen-bond donors (Lipinski definition) is 1. The van der Waals surface area contributed by atoms with Gasteiger partial charge in [-0.15, -0.1) is 0 Å². The lowest BCUT2D eigenvalue weighted by molar-refractivity contribution is 0.0948. The molecule has 0 aliphatic heterocycles. The molecular weight excluding hydrogens is 368 g/mol. The van der Waals surface area contributed by atoms with Crippen LogP contribution in [-0.4, -0.2) is 27.6 Å². The average molecular weight is 385 g/mol. The van der Waals surface area contributed by atoms with Crippen LogP contribution in [0.1, 0.15) is 21.6 Å². The smallest absolute Gasteiger partial charge is 0.268 e. The van der Waals surface area contributed by atoms with Crippen molar-refractivity contribution >= 4 is 17.5 Å². The fourth-order valence-electron chi connectivity index (χ4n) is 2.54. The number of hydrogen-bond acceptors (Lipinski definition) is 5. The molecule has 0 saturated heterocycles. The first-order valence-electron chi connectivity index (χ1n) is 8.11. The lowest BCUT2D eigenvalue weighted by Gasteiger charge is -2.11. The van der Waals surface area contributed by atoms with Crippen LogP contribution in [0.3, 0.4) is 0 Å². The maximum atomic E-state index is 12.9. The molecule has 8 heteroatoms. The fraction of sp³-hybridized carbons (Fsp3) is 0.158. The minimum atomic E-state index is -0.491. The Labute approximate surface area is 160 Å². The van der Waals surface area contributed by atoms with Crippen molar-refractivity contribution in [3.8, 4) is 11.6 Å². The standard InChI is InChI=1S/C19H17ClN4O3/c1-12-7-9-24(13-5-6-16(27-2)22-10-13)19(26)17(12)18(25)23-11-15-14(20)4-3-8-21-15/h3-10H,11H2,1-2H3,(H,23,25). The van der Waals surface area contributed by atoms with Crippen molar-refractivity contribution < 1.29 is 9.53 Å². The summed E-state index contributed by atoms with van der Waals surface area (Å²) >= 11 is 6.05. The van der Waals surface area contributed by atoms with Gasteiger partial charge in [-0.2, -0.15) is 0 Å². The molecule has 0 aliphatic rings. The monoisotopic (exact) mass is 384 g/mol. The highest BCUT2D eigenvalue weighted by molar-refractivity contribution is 6.31. The van der Waals surface area contributed by atoms with Crippen molar-refractivity contribution in [2.75, 3.05) is 7.11 Å². The van der Waals surface area contributed by atoms with Gasteiger partial charge in [-0.1, -0.05) is 11.6 Å². The van der Waals surface area contributed by atoms with Gasteiger partial charge < -0.3 is 10.1 Å². The molecule has 0 unspecified atom stereocenters. The van der Waals surface area contributed by atoms with Crippen LogP contribution in [0.25, 0.3) is 5.69 Å². The Kier molecular flexibility index (Phi) is 5.52. The normalized spacial score (nSPS) is 10.5. The van der Waals surface area contributed by atoms with Gasteiger partial charge in [0.25, 0.3) is 11.5 Å². The number of carbonyl (C=O) groups excluding carboxylic acids is 1. The topological polar surface area (TPSA) is 86.1 Å². The van der Waals surface area contributed by atoms with Crippen LogP contribution in [0.5, 0.6) is 5.88 Å². The summed E-state index contributed by atoms with van der Waals surface area (Å²) in [6.45, 7) is 1.83. The zero-order chi connectivity index (χ0) is 19.4. The predicted molar refractivity (Wildman–Crippen MR) is 102 cm³/mol. The van der Waals surface area contributed by atoms with Crippen LogP contribution in [0.2, 0.25) is 5.02 Å². The Morgan fingerprint density at radius 2 is 2.07 bits per heavy atom. The molecule has 0 radical (unpaired) electrons. The minimum Gasteiger partial charge on any atom is -0.481 e. The van der Waals surface area contributed by atoms with Gasteiger partial charge >= 0.3 is 0 Å². The van der Waals surface area contributed by atoms with E-state index in [1.165, 1.54) is 17.9 Å². The molecule has 1 amide bonds. The molecule has 3 heterocycles. The highest BCUT2D eigenvalue weighted by Crippen LogP contribution is 2.13. The van der Waals surface area contributed by atoms with Crippen molar-refractivity contribution in [1.82, 2.24) is 19.9 Å². The van der Waals surface area contributed by atoms with Crippen LogP contribution in [0.15, 0.2) is 53.7 Å². The molecule has 3 rings (SSSR count). The molecule has 3 aromatic rings. The predicted octanol–water partition coefficient (Wildman–Crippen LogP) is 2.53. The first-order valence-corrected chi connectivity index (χ1v) is 8.49. The Hall–Kier alpha value is -3.19. The molecule has 0 spiro atoms. The van der Waals surface area contributed by atoms with Crippen LogP contribution in [0.4, 0.5) is 0 Å². The second-order valence-electron chi connectivity index (χ2n) is 5.72. The zero-order valence-electron chi connectivity index (χ0n) is 14.8. The number of halogens is 1. The highest BCUT2D eigenvalue weighted by atomic mass is 35.5. The van der Waals surface area contributed by atoms with E-state index in [0.717, 1.165) is 0 Å². The number of amides is 1. The first kappa shape index (κ1) is 18.6. The lowest BCUT2D eigenvalue weighted by atomic mass is 10.1. The highest BCUT2D eigenvalue weighted by Gasteiger charge is 2.17. The van der Waals surface area contributed by atoms with E-state index in [0.29, 0.717) is 27.8 Å². The van der Waals surface area contributed by atoms with E-state index in [1.807, 2.05) is 0 Å². The van der Waals surface area contributed by atoms with Crippen molar-refractivity contribution in [2.24, 2.45) is 0 Å². The lowest BCUT2D eigenvalue weighted by Crippen LogP contribution is -2.33. The number of rotatable bonds is 5. The molecule has 0 aliphatic carbocycles. The first-order chi connectivity index (χ1) is 13.0. The summed E-state index contributed by atoms with van der Waals surface area (Å²) in [5.41, 5.74) is 1.25. The SMILES string of the molecule is COc1ccc(-n2ccc(C)c(C(=O)NCc3ncccc3Cl)c2=O)cn1. The number of nitrogens with zero attached hydrogens (tertiary/aromatic N) is 3. The molecule has 0 bridgehead atoms. The molecule has 138 valence electrons. The van der Waals surface area contributed by atoms with E-state index in [-0.39, 0.29) is 12.1 Å². The second-order valence-corrected chi connectivity index (χ2v) is 6.13. The van der Waals surface area contributed by atoms with E-state index in [1.54, 1.807) is 49.6 Å². The summed E-state index contributed by atoms with van der Waals surface area (Å²) in [5.74, 6) is -0.0563. The van der Waals surface area contributed by atoms with E-state index in [9.17, 15) is 9.59 Å². The summed E-state index contributed by atoms with van der Waals surface area (Å²) in [6, 6.07) is 8.43. The number of methoxy groups -OCH3 is 1. The molecule has 7 nitrogen and oxygen atoms in total. The van der Waals surface area contributed by atoms with Crippen LogP contribution < -0.4 is 15.6 Å². The number of nitrogens with one attached hydrogen (secondary N) is 1. The van der Waals surface area contributed by atoms with Crippen molar-refractivity contribution in [2.45, 2.75) is 13.5 Å². The Morgan fingerprint density at radius 1 is 1.26 bits per heavy atom. The van der Waals surface area contributed by atoms with Crippen LogP contribution in [0, 0.1) is 6.92 Å². The largest absolute Gasteiger partial charge is 0.481 e. The molecule has 0 atom stereocenters. The summed E-state index contributed by atoms with van der Waals surface area (Å²) in [7, 11) is 1.51. The van der Waals surface area contributed by atoms with Gasteiger partial charge in [0.1, 0.15) is 5.56 Å². The summed E-state index contributed by atoms with van der Waals surface area (Å²) in [6.07, 6.45) is 4.70. The van der Waals surface area contributed by atoms with Gasteiger partial charge in [0.15, 0.2) is 0 Å². The van der Waals surface area contributed by atoms with E-state index in [2.05, 4.69) is 15.3 Å². The van der Waals surface area contributed by atoms with E-state index in [4.69, 9.17) is 16.3 Å². The van der Waals surface area contributed by atoms with Crippen molar-refractivity contribution in [1.29, 1.82) is 0 Å². The average Bonchev–Trinajstić information content (AvgIpc) is 2.68. The number of pyridine rings is 3. The Balaban J connectivity index is 1.89. The van der Waals surface area contributed by atoms with Gasteiger partial charge in [-0.25, -0.2) is 4.98 Å².